The minimum atomic E-state index is -1.06. The molecule has 156 valence electrons. The summed E-state index contributed by atoms with van der Waals surface area (Å²) in [5.74, 6) is -2.33. The summed E-state index contributed by atoms with van der Waals surface area (Å²) in [6.45, 7) is 0. The molecule has 3 aromatic carbocycles. The van der Waals surface area contributed by atoms with Crippen LogP contribution in [0.1, 0.15) is 15.9 Å². The number of carbonyl (C=O) groups is 3. The van der Waals surface area contributed by atoms with Crippen molar-refractivity contribution in [1.82, 2.24) is 5.32 Å². The Morgan fingerprint density at radius 3 is 2.13 bits per heavy atom. The van der Waals surface area contributed by atoms with E-state index in [0.29, 0.717) is 16.9 Å². The molecule has 1 atom stereocenters. The molecule has 0 fully saturated rings. The summed E-state index contributed by atoms with van der Waals surface area (Å²) in [5.41, 5.74) is 2.26. The molecule has 0 spiro atoms. The number of carbonyl (C=O) groups excluding carboxylic acids is 3. The van der Waals surface area contributed by atoms with Gasteiger partial charge in [0.15, 0.2) is 0 Å². The van der Waals surface area contributed by atoms with E-state index < -0.39 is 23.7 Å². The number of nitrogens with one attached hydrogen (secondary N) is 1. The lowest BCUT2D eigenvalue weighted by Crippen LogP contribution is -2.45. The zero-order chi connectivity index (χ0) is 22.1. The Bertz CT molecular complexity index is 1080. The van der Waals surface area contributed by atoms with Gasteiger partial charge in [0.2, 0.25) is 0 Å². The highest BCUT2D eigenvalue weighted by atomic mass is 16.5. The highest BCUT2D eigenvalue weighted by Gasteiger charge is 2.28. The normalized spacial score (nSPS) is 11.6. The van der Waals surface area contributed by atoms with Gasteiger partial charge in [0, 0.05) is 12.0 Å². The molecule has 0 aliphatic rings. The number of hydrogen-bond acceptors (Lipinski definition) is 6. The molecule has 0 aliphatic heterocycles. The zero-order valence-electron chi connectivity index (χ0n) is 16.9. The third kappa shape index (κ3) is 6.17. The highest BCUT2D eigenvalue weighted by molar-refractivity contribution is 6.36. The number of nitrogens with zero attached hydrogens (tertiary/aromatic N) is 2. The molecule has 0 radical (unpaired) electrons. The Morgan fingerprint density at radius 1 is 0.839 bits per heavy atom. The molecular weight excluding hydrogens is 394 g/mol. The second-order valence-electron chi connectivity index (χ2n) is 6.66. The van der Waals surface area contributed by atoms with Crippen molar-refractivity contribution in [2.24, 2.45) is 10.2 Å². The van der Waals surface area contributed by atoms with Gasteiger partial charge < -0.3 is 10.1 Å². The Kier molecular flexibility index (Phi) is 7.37. The largest absolute Gasteiger partial charge is 0.463 e. The van der Waals surface area contributed by atoms with Gasteiger partial charge in [-0.25, -0.2) is 4.79 Å². The molecule has 31 heavy (non-hydrogen) atoms. The van der Waals surface area contributed by atoms with Crippen LogP contribution in [0.15, 0.2) is 95.2 Å². The average Bonchev–Trinajstić information content (AvgIpc) is 2.82. The van der Waals surface area contributed by atoms with Gasteiger partial charge in [-0.15, -0.1) is 0 Å². The topological polar surface area (TPSA) is 97.2 Å². The standard InChI is InChI=1S/C24H21N3O4/c1-31-24(30)22(28)21(15-17-9-4-2-5-10-17)25-23(29)18-11-8-14-20(16-18)27-26-19-12-6-3-7-13-19/h2-14,16,21H,15H2,1H3,(H,25,29)/t21-/m0/s1. The summed E-state index contributed by atoms with van der Waals surface area (Å²) >= 11 is 0. The lowest BCUT2D eigenvalue weighted by Gasteiger charge is -2.17. The predicted octanol–water partition coefficient (Wildman–Crippen LogP) is 4.19. The maximum atomic E-state index is 12.8. The third-order valence-electron chi connectivity index (χ3n) is 4.44. The van der Waals surface area contributed by atoms with E-state index in [9.17, 15) is 14.4 Å². The van der Waals surface area contributed by atoms with Gasteiger partial charge in [-0.05, 0) is 35.9 Å². The fourth-order valence-electron chi connectivity index (χ4n) is 2.86. The first-order valence-corrected chi connectivity index (χ1v) is 9.60. The molecule has 0 aromatic heterocycles. The molecule has 0 saturated heterocycles. The lowest BCUT2D eigenvalue weighted by atomic mass is 10.0. The Morgan fingerprint density at radius 2 is 1.45 bits per heavy atom. The maximum absolute atomic E-state index is 12.8. The Labute approximate surface area is 179 Å². The molecule has 0 unspecified atom stereocenters. The number of rotatable bonds is 8. The molecule has 0 heterocycles. The smallest absolute Gasteiger partial charge is 0.376 e. The molecule has 1 amide bonds. The van der Waals surface area contributed by atoms with Crippen LogP contribution in [0, 0.1) is 0 Å². The lowest BCUT2D eigenvalue weighted by molar-refractivity contribution is -0.152. The minimum absolute atomic E-state index is 0.161. The number of methoxy groups -OCH3 is 1. The maximum Gasteiger partial charge on any atom is 0.376 e. The van der Waals surface area contributed by atoms with Crippen LogP contribution < -0.4 is 5.32 Å². The minimum Gasteiger partial charge on any atom is -0.463 e. The predicted molar refractivity (Wildman–Crippen MR) is 115 cm³/mol. The van der Waals surface area contributed by atoms with Crippen molar-refractivity contribution in [2.75, 3.05) is 7.11 Å². The summed E-state index contributed by atoms with van der Waals surface area (Å²) < 4.78 is 4.54. The van der Waals surface area contributed by atoms with Crippen molar-refractivity contribution >= 4 is 29.0 Å². The second-order valence-corrected chi connectivity index (χ2v) is 6.66. The molecule has 7 nitrogen and oxygen atoms in total. The fraction of sp³-hybridized carbons (Fsp3) is 0.125. The van der Waals surface area contributed by atoms with Gasteiger partial charge in [0.05, 0.1) is 18.5 Å². The average molecular weight is 415 g/mol. The SMILES string of the molecule is COC(=O)C(=O)[C@H](Cc1ccccc1)NC(=O)c1cccc(N=Nc2ccccc2)c1. The number of Topliss-reactive ketones (excluding diaryl/α,β-unsaturated/α-hetero) is 1. The first kappa shape index (κ1) is 21.6. The van der Waals surface area contributed by atoms with Gasteiger partial charge in [-0.3, -0.25) is 9.59 Å². The number of esters is 1. The van der Waals surface area contributed by atoms with Gasteiger partial charge in [-0.1, -0.05) is 54.6 Å². The molecule has 0 aliphatic carbocycles. The van der Waals surface area contributed by atoms with Crippen LogP contribution in [0.4, 0.5) is 11.4 Å². The Balaban J connectivity index is 1.77. The van der Waals surface area contributed by atoms with Crippen LogP contribution in [0.25, 0.3) is 0 Å². The van der Waals surface area contributed by atoms with Gasteiger partial charge in [-0.2, -0.15) is 10.2 Å². The Hall–Kier alpha value is -4.13. The van der Waals surface area contributed by atoms with E-state index in [1.165, 1.54) is 0 Å². The molecular formula is C24H21N3O4. The van der Waals surface area contributed by atoms with Crippen molar-refractivity contribution in [1.29, 1.82) is 0 Å². The second kappa shape index (κ2) is 10.6. The first-order chi connectivity index (χ1) is 15.1. The number of amides is 1. The van der Waals surface area contributed by atoms with Crippen LogP contribution in [0.3, 0.4) is 0 Å². The van der Waals surface area contributed by atoms with E-state index in [4.69, 9.17) is 0 Å². The summed E-state index contributed by atoms with van der Waals surface area (Å²) in [7, 11) is 1.13. The van der Waals surface area contributed by atoms with Crippen molar-refractivity contribution in [2.45, 2.75) is 12.5 Å². The van der Waals surface area contributed by atoms with Crippen molar-refractivity contribution in [3.8, 4) is 0 Å². The van der Waals surface area contributed by atoms with Crippen molar-refractivity contribution in [3.05, 3.63) is 96.1 Å². The van der Waals surface area contributed by atoms with E-state index in [-0.39, 0.29) is 6.42 Å². The quantitative estimate of drug-likeness (QED) is 0.339. The van der Waals surface area contributed by atoms with Crippen LogP contribution in [0.5, 0.6) is 0 Å². The summed E-state index contributed by atoms with van der Waals surface area (Å²) in [4.78, 5) is 37.0. The van der Waals surface area contributed by atoms with Crippen molar-refractivity contribution in [3.63, 3.8) is 0 Å². The van der Waals surface area contributed by atoms with E-state index in [2.05, 4.69) is 20.3 Å². The third-order valence-corrected chi connectivity index (χ3v) is 4.44. The number of azo groups is 1. The number of hydrogen-bond donors (Lipinski definition) is 1. The van der Waals surface area contributed by atoms with Crippen LogP contribution in [-0.4, -0.2) is 30.8 Å². The van der Waals surface area contributed by atoms with Crippen LogP contribution in [-0.2, 0) is 20.7 Å². The summed E-state index contributed by atoms with van der Waals surface area (Å²) in [5, 5.41) is 10.9. The molecule has 7 heteroatoms. The zero-order valence-corrected chi connectivity index (χ0v) is 16.9. The van der Waals surface area contributed by atoms with Crippen LogP contribution >= 0.6 is 0 Å². The number of benzene rings is 3. The summed E-state index contributed by atoms with van der Waals surface area (Å²) in [6.07, 6.45) is 0.161. The van der Waals surface area contributed by atoms with E-state index in [1.807, 2.05) is 60.7 Å². The van der Waals surface area contributed by atoms with Gasteiger partial charge in [0.25, 0.3) is 11.7 Å². The first-order valence-electron chi connectivity index (χ1n) is 9.60. The molecule has 3 aromatic rings. The van der Waals surface area contributed by atoms with Gasteiger partial charge in [0.1, 0.15) is 6.04 Å². The number of ketones is 1. The highest BCUT2D eigenvalue weighted by Crippen LogP contribution is 2.19. The molecule has 3 rings (SSSR count). The van der Waals surface area contributed by atoms with E-state index in [1.54, 1.807) is 24.3 Å². The van der Waals surface area contributed by atoms with Crippen molar-refractivity contribution < 1.29 is 19.1 Å². The molecule has 0 saturated carbocycles. The number of ether oxygens (including phenoxy) is 1. The monoisotopic (exact) mass is 415 g/mol. The molecule has 0 bridgehead atoms. The van der Waals surface area contributed by atoms with E-state index >= 15 is 0 Å². The molecule has 1 N–H and O–H groups in total. The summed E-state index contributed by atoms with van der Waals surface area (Å²) in [6, 6.07) is 23.8. The van der Waals surface area contributed by atoms with E-state index in [0.717, 1.165) is 12.7 Å². The van der Waals surface area contributed by atoms with Crippen LogP contribution in [0.2, 0.25) is 0 Å². The fourth-order valence-corrected chi connectivity index (χ4v) is 2.86. The van der Waals surface area contributed by atoms with Gasteiger partial charge >= 0.3 is 5.97 Å².